The number of alkyl halides is 5. The number of nitrogens with zero attached hydrogens (tertiary/aromatic N) is 2. The fraction of sp³-hybridized carbons (Fsp3) is 0.250. The summed E-state index contributed by atoms with van der Waals surface area (Å²) in [6.45, 7) is -0.338. The van der Waals surface area contributed by atoms with E-state index >= 15 is 0 Å². The van der Waals surface area contributed by atoms with Crippen molar-refractivity contribution >= 4 is 23.2 Å². The summed E-state index contributed by atoms with van der Waals surface area (Å²) < 4.78 is 67.4. The van der Waals surface area contributed by atoms with Gasteiger partial charge < -0.3 is 10.0 Å². The highest BCUT2D eigenvalue weighted by molar-refractivity contribution is 6.29. The molecule has 0 saturated heterocycles. The molecular weight excluding hydrogens is 383 g/mol. The van der Waals surface area contributed by atoms with Crippen molar-refractivity contribution < 1.29 is 31.9 Å². The SMILES string of the molecule is O=C1N(Cc2ccnc(Cl)c2)c2cccc([C@@H](O)C(F)(F)F)c2C1(F)F. The van der Waals surface area contributed by atoms with E-state index in [0.29, 0.717) is 10.5 Å². The lowest BCUT2D eigenvalue weighted by molar-refractivity contribution is -0.207. The van der Waals surface area contributed by atoms with Gasteiger partial charge in [-0.3, -0.25) is 4.79 Å². The maximum Gasteiger partial charge on any atom is 0.418 e. The molecule has 10 heteroatoms. The maximum atomic E-state index is 14.5. The number of aliphatic hydroxyl groups is 1. The molecule has 1 aromatic carbocycles. The number of benzene rings is 1. The number of rotatable bonds is 3. The Balaban J connectivity index is 2.10. The smallest absolute Gasteiger partial charge is 0.379 e. The molecule has 26 heavy (non-hydrogen) atoms. The van der Waals surface area contributed by atoms with Gasteiger partial charge in [-0.25, -0.2) is 4.98 Å². The Morgan fingerprint density at radius 2 is 1.96 bits per heavy atom. The molecule has 0 radical (unpaired) electrons. The van der Waals surface area contributed by atoms with E-state index in [-0.39, 0.29) is 11.7 Å². The molecule has 0 spiro atoms. The number of carbonyl (C=O) groups excluding carboxylic acids is 1. The summed E-state index contributed by atoms with van der Waals surface area (Å²) in [5.74, 6) is -5.88. The average molecular weight is 393 g/mol. The van der Waals surface area contributed by atoms with Gasteiger partial charge >= 0.3 is 18.0 Å². The van der Waals surface area contributed by atoms with Crippen LogP contribution in [0.3, 0.4) is 0 Å². The molecule has 3 rings (SSSR count). The van der Waals surface area contributed by atoms with Gasteiger partial charge in [0.25, 0.3) is 0 Å². The Hall–Kier alpha value is -2.26. The lowest BCUT2D eigenvalue weighted by atomic mass is 9.97. The molecule has 1 aromatic heterocycles. The largest absolute Gasteiger partial charge is 0.418 e. The van der Waals surface area contributed by atoms with Gasteiger partial charge in [-0.05, 0) is 23.8 Å². The lowest BCUT2D eigenvalue weighted by Gasteiger charge is -2.20. The van der Waals surface area contributed by atoms with Gasteiger partial charge in [0, 0.05) is 11.8 Å². The van der Waals surface area contributed by atoms with Crippen LogP contribution in [0, 0.1) is 0 Å². The Kier molecular flexibility index (Phi) is 4.40. The van der Waals surface area contributed by atoms with Crippen LogP contribution in [0.15, 0.2) is 36.5 Å². The van der Waals surface area contributed by atoms with Gasteiger partial charge in [-0.15, -0.1) is 0 Å². The first kappa shape index (κ1) is 18.5. The number of carbonyl (C=O) groups is 1. The van der Waals surface area contributed by atoms with Gasteiger partial charge in [0.05, 0.1) is 17.8 Å². The molecule has 1 aliphatic rings. The van der Waals surface area contributed by atoms with Crippen molar-refractivity contribution in [2.24, 2.45) is 0 Å². The molecule has 138 valence electrons. The number of anilines is 1. The van der Waals surface area contributed by atoms with E-state index in [9.17, 15) is 31.9 Å². The summed E-state index contributed by atoms with van der Waals surface area (Å²) in [7, 11) is 0. The van der Waals surface area contributed by atoms with Gasteiger partial charge in [-0.2, -0.15) is 22.0 Å². The number of fused-ring (bicyclic) bond motifs is 1. The highest BCUT2D eigenvalue weighted by atomic mass is 35.5. The topological polar surface area (TPSA) is 53.4 Å². The van der Waals surface area contributed by atoms with E-state index in [4.69, 9.17) is 11.6 Å². The standard InChI is InChI=1S/C16H10ClF5N2O2/c17-11-6-8(4-5-23-11)7-24-10-3-1-2-9(13(25)16(20,21)22)12(10)15(18,19)14(24)26/h1-6,13,25H,7H2/t13-/m1/s1. The van der Waals surface area contributed by atoms with Crippen molar-refractivity contribution in [3.8, 4) is 0 Å². The molecule has 1 N–H and O–H groups in total. The first-order valence-corrected chi connectivity index (χ1v) is 7.59. The molecule has 0 unspecified atom stereocenters. The summed E-state index contributed by atoms with van der Waals surface area (Å²) in [5, 5.41) is 9.51. The minimum atomic E-state index is -5.15. The Morgan fingerprint density at radius 1 is 1.27 bits per heavy atom. The molecule has 4 nitrogen and oxygen atoms in total. The fourth-order valence-electron chi connectivity index (χ4n) is 2.80. The van der Waals surface area contributed by atoms with Crippen LogP contribution in [0.25, 0.3) is 0 Å². The van der Waals surface area contributed by atoms with E-state index < -0.39 is 40.9 Å². The number of aliphatic hydroxyl groups excluding tert-OH is 1. The number of hydrogen-bond donors (Lipinski definition) is 1. The first-order chi connectivity index (χ1) is 12.0. The van der Waals surface area contributed by atoms with Crippen LogP contribution in [-0.4, -0.2) is 22.2 Å². The van der Waals surface area contributed by atoms with Crippen LogP contribution in [0.2, 0.25) is 5.15 Å². The van der Waals surface area contributed by atoms with E-state index in [2.05, 4.69) is 4.98 Å². The number of amides is 1. The molecule has 2 aromatic rings. The van der Waals surface area contributed by atoms with Crippen molar-refractivity contribution in [1.82, 2.24) is 4.98 Å². The maximum absolute atomic E-state index is 14.5. The van der Waals surface area contributed by atoms with Crippen molar-refractivity contribution in [3.05, 3.63) is 58.4 Å². The van der Waals surface area contributed by atoms with Crippen molar-refractivity contribution in [2.45, 2.75) is 24.7 Å². The van der Waals surface area contributed by atoms with E-state index in [1.165, 1.54) is 18.3 Å². The van der Waals surface area contributed by atoms with Gasteiger partial charge in [0.1, 0.15) is 5.15 Å². The predicted molar refractivity (Wildman–Crippen MR) is 81.8 cm³/mol. The molecule has 0 bridgehead atoms. The minimum Gasteiger partial charge on any atom is -0.379 e. The number of aromatic nitrogens is 1. The highest BCUT2D eigenvalue weighted by Gasteiger charge is 2.56. The number of hydrogen-bond acceptors (Lipinski definition) is 3. The quantitative estimate of drug-likeness (QED) is 0.635. The van der Waals surface area contributed by atoms with Crippen LogP contribution >= 0.6 is 11.6 Å². The monoisotopic (exact) mass is 392 g/mol. The fourth-order valence-corrected chi connectivity index (χ4v) is 2.99. The first-order valence-electron chi connectivity index (χ1n) is 7.22. The van der Waals surface area contributed by atoms with Crippen molar-refractivity contribution in [1.29, 1.82) is 0 Å². The van der Waals surface area contributed by atoms with Gasteiger partial charge in [0.15, 0.2) is 6.10 Å². The summed E-state index contributed by atoms with van der Waals surface area (Å²) in [5.41, 5.74) is -2.23. The predicted octanol–water partition coefficient (Wildman–Crippen LogP) is 3.97. The van der Waals surface area contributed by atoms with E-state index in [1.54, 1.807) is 0 Å². The molecule has 1 atom stereocenters. The number of pyridine rings is 1. The zero-order chi connectivity index (χ0) is 19.3. The average Bonchev–Trinajstić information content (AvgIpc) is 2.74. The van der Waals surface area contributed by atoms with Gasteiger partial charge in [0.2, 0.25) is 0 Å². The second kappa shape index (κ2) is 6.17. The van der Waals surface area contributed by atoms with Crippen LogP contribution in [0.5, 0.6) is 0 Å². The third kappa shape index (κ3) is 3.01. The zero-order valence-corrected chi connectivity index (χ0v) is 13.5. The summed E-state index contributed by atoms with van der Waals surface area (Å²) in [4.78, 5) is 16.5. The van der Waals surface area contributed by atoms with Crippen LogP contribution in [0.1, 0.15) is 22.8 Å². The molecule has 0 fully saturated rings. The van der Waals surface area contributed by atoms with Crippen LogP contribution in [0.4, 0.5) is 27.6 Å². The van der Waals surface area contributed by atoms with E-state index in [0.717, 1.165) is 18.2 Å². The van der Waals surface area contributed by atoms with Crippen molar-refractivity contribution in [2.75, 3.05) is 4.90 Å². The third-order valence-corrected chi connectivity index (χ3v) is 4.14. The summed E-state index contributed by atoms with van der Waals surface area (Å²) in [6, 6.07) is 5.68. The molecule has 0 saturated carbocycles. The Bertz CT molecular complexity index is 872. The van der Waals surface area contributed by atoms with E-state index in [1.807, 2.05) is 0 Å². The van der Waals surface area contributed by atoms with Gasteiger partial charge in [-0.1, -0.05) is 23.7 Å². The van der Waals surface area contributed by atoms with Crippen molar-refractivity contribution in [3.63, 3.8) is 0 Å². The minimum absolute atomic E-state index is 0.0716. The molecule has 1 aliphatic heterocycles. The lowest BCUT2D eigenvalue weighted by Crippen LogP contribution is -2.34. The molecule has 0 aliphatic carbocycles. The molecular formula is C16H10ClF5N2O2. The second-order valence-corrected chi connectivity index (χ2v) is 6.03. The number of halogens is 6. The third-order valence-electron chi connectivity index (χ3n) is 3.93. The second-order valence-electron chi connectivity index (χ2n) is 5.64. The summed E-state index contributed by atoms with van der Waals surface area (Å²) in [6.07, 6.45) is -6.98. The Morgan fingerprint density at radius 3 is 2.58 bits per heavy atom. The zero-order valence-electron chi connectivity index (χ0n) is 12.8. The van der Waals surface area contributed by atoms with Crippen LogP contribution < -0.4 is 4.90 Å². The Labute approximate surface area is 148 Å². The highest BCUT2D eigenvalue weighted by Crippen LogP contribution is 2.49. The normalized spacial score (nSPS) is 17.3. The molecule has 2 heterocycles. The van der Waals surface area contributed by atoms with Crippen LogP contribution in [-0.2, 0) is 17.3 Å². The molecule has 1 amide bonds. The summed E-state index contributed by atoms with van der Waals surface area (Å²) >= 11 is 5.72.